The first-order chi connectivity index (χ1) is 10.2. The third kappa shape index (κ3) is 4.27. The fourth-order valence-corrected chi connectivity index (χ4v) is 4.07. The molecule has 0 aliphatic heterocycles. The number of halogens is 1. The molecular formula is C18H26FNS. The highest BCUT2D eigenvalue weighted by Gasteiger charge is 2.17. The van der Waals surface area contributed by atoms with Gasteiger partial charge in [-0.2, -0.15) is 0 Å². The first kappa shape index (κ1) is 16.4. The van der Waals surface area contributed by atoms with Crippen LogP contribution in [0.25, 0.3) is 10.1 Å². The molecule has 2 aromatic rings. The second-order valence-corrected chi connectivity index (χ2v) is 6.94. The van der Waals surface area contributed by atoms with E-state index in [0.29, 0.717) is 6.04 Å². The summed E-state index contributed by atoms with van der Waals surface area (Å²) in [4.78, 5) is 1.33. The lowest BCUT2D eigenvalue weighted by atomic mass is 9.91. The second kappa shape index (κ2) is 7.90. The van der Waals surface area contributed by atoms with Crippen molar-refractivity contribution >= 4 is 21.4 Å². The van der Waals surface area contributed by atoms with E-state index in [-0.39, 0.29) is 5.82 Å². The molecule has 2 atom stereocenters. The van der Waals surface area contributed by atoms with Gasteiger partial charge in [0.15, 0.2) is 0 Å². The van der Waals surface area contributed by atoms with E-state index in [0.717, 1.165) is 11.3 Å². The monoisotopic (exact) mass is 307 g/mol. The van der Waals surface area contributed by atoms with Crippen molar-refractivity contribution in [1.29, 1.82) is 0 Å². The van der Waals surface area contributed by atoms with E-state index in [1.54, 1.807) is 23.5 Å². The van der Waals surface area contributed by atoms with Crippen molar-refractivity contribution in [1.82, 2.24) is 5.32 Å². The number of fused-ring (bicyclic) bond motifs is 1. The molecule has 0 aliphatic carbocycles. The molecule has 21 heavy (non-hydrogen) atoms. The van der Waals surface area contributed by atoms with Crippen LogP contribution in [0.15, 0.2) is 24.3 Å². The zero-order valence-corrected chi connectivity index (χ0v) is 14.1. The molecular weight excluding hydrogens is 281 g/mol. The van der Waals surface area contributed by atoms with Crippen molar-refractivity contribution in [2.45, 2.75) is 52.0 Å². The SMILES string of the molecule is CCCCC(CC)CC(NC)c1cc2cc(F)ccc2s1. The molecule has 1 heterocycles. The van der Waals surface area contributed by atoms with Gasteiger partial charge in [0.1, 0.15) is 5.82 Å². The summed E-state index contributed by atoms with van der Waals surface area (Å²) in [7, 11) is 2.03. The smallest absolute Gasteiger partial charge is 0.123 e. The van der Waals surface area contributed by atoms with Gasteiger partial charge in [0, 0.05) is 15.6 Å². The van der Waals surface area contributed by atoms with Gasteiger partial charge in [0.2, 0.25) is 0 Å². The Morgan fingerprint density at radius 1 is 1.24 bits per heavy atom. The van der Waals surface area contributed by atoms with E-state index in [1.807, 2.05) is 13.1 Å². The van der Waals surface area contributed by atoms with E-state index in [1.165, 1.54) is 41.7 Å². The molecule has 0 fully saturated rings. The van der Waals surface area contributed by atoms with Crippen LogP contribution < -0.4 is 5.32 Å². The molecule has 2 unspecified atom stereocenters. The number of hydrogen-bond donors (Lipinski definition) is 1. The molecule has 1 nitrogen and oxygen atoms in total. The fourth-order valence-electron chi connectivity index (χ4n) is 2.90. The van der Waals surface area contributed by atoms with Crippen LogP contribution in [0.1, 0.15) is 56.9 Å². The van der Waals surface area contributed by atoms with Gasteiger partial charge < -0.3 is 5.32 Å². The standard InChI is InChI=1S/C18H26FNS/c1-4-6-7-13(5-2)10-16(20-3)18-12-14-11-15(19)8-9-17(14)21-18/h8-9,11-13,16,20H,4-7,10H2,1-3H3. The fraction of sp³-hybridized carbons (Fsp3) is 0.556. The van der Waals surface area contributed by atoms with Crippen LogP contribution in [0.3, 0.4) is 0 Å². The third-order valence-corrected chi connectivity index (χ3v) is 5.53. The van der Waals surface area contributed by atoms with E-state index in [2.05, 4.69) is 25.2 Å². The van der Waals surface area contributed by atoms with Gasteiger partial charge in [-0.1, -0.05) is 39.5 Å². The maximum absolute atomic E-state index is 13.3. The summed E-state index contributed by atoms with van der Waals surface area (Å²) < 4.78 is 14.5. The number of benzene rings is 1. The Bertz CT molecular complexity index is 563. The number of hydrogen-bond acceptors (Lipinski definition) is 2. The minimum Gasteiger partial charge on any atom is -0.312 e. The Morgan fingerprint density at radius 3 is 2.71 bits per heavy atom. The lowest BCUT2D eigenvalue weighted by Gasteiger charge is -2.21. The maximum Gasteiger partial charge on any atom is 0.123 e. The normalized spacial score (nSPS) is 14.5. The minimum atomic E-state index is -0.151. The lowest BCUT2D eigenvalue weighted by molar-refractivity contribution is 0.367. The summed E-state index contributed by atoms with van der Waals surface area (Å²) in [6.07, 6.45) is 6.29. The first-order valence-electron chi connectivity index (χ1n) is 8.04. The molecule has 0 radical (unpaired) electrons. The highest BCUT2D eigenvalue weighted by atomic mass is 32.1. The number of thiophene rings is 1. The van der Waals surface area contributed by atoms with Crippen molar-refractivity contribution in [3.05, 3.63) is 35.0 Å². The van der Waals surface area contributed by atoms with Gasteiger partial charge in [-0.05, 0) is 49.0 Å². The number of unbranched alkanes of at least 4 members (excludes halogenated alkanes) is 1. The Hall–Kier alpha value is -0.930. The molecule has 0 spiro atoms. The summed E-state index contributed by atoms with van der Waals surface area (Å²) in [6, 6.07) is 7.60. The molecule has 0 saturated heterocycles. The zero-order chi connectivity index (χ0) is 15.2. The van der Waals surface area contributed by atoms with Gasteiger partial charge in [-0.25, -0.2) is 4.39 Å². The van der Waals surface area contributed by atoms with E-state index >= 15 is 0 Å². The average molecular weight is 307 g/mol. The van der Waals surface area contributed by atoms with Crippen molar-refractivity contribution in [3.8, 4) is 0 Å². The van der Waals surface area contributed by atoms with Crippen LogP contribution in [0.4, 0.5) is 4.39 Å². The van der Waals surface area contributed by atoms with E-state index in [9.17, 15) is 4.39 Å². The van der Waals surface area contributed by atoms with Crippen molar-refractivity contribution in [2.75, 3.05) is 7.05 Å². The van der Waals surface area contributed by atoms with Gasteiger partial charge in [-0.15, -0.1) is 11.3 Å². The van der Waals surface area contributed by atoms with Crippen LogP contribution in [0, 0.1) is 11.7 Å². The third-order valence-electron chi connectivity index (χ3n) is 4.30. The summed E-state index contributed by atoms with van der Waals surface area (Å²) in [5.41, 5.74) is 0. The molecule has 116 valence electrons. The highest BCUT2D eigenvalue weighted by molar-refractivity contribution is 7.19. The molecule has 0 amide bonds. The van der Waals surface area contributed by atoms with Crippen LogP contribution >= 0.6 is 11.3 Å². The molecule has 0 saturated carbocycles. The Balaban J connectivity index is 2.14. The van der Waals surface area contributed by atoms with Gasteiger partial charge in [0.25, 0.3) is 0 Å². The summed E-state index contributed by atoms with van der Waals surface area (Å²) in [5, 5.41) is 4.48. The van der Waals surface area contributed by atoms with Crippen LogP contribution in [-0.4, -0.2) is 7.05 Å². The lowest BCUT2D eigenvalue weighted by Crippen LogP contribution is -2.18. The number of nitrogens with one attached hydrogen (secondary N) is 1. The Kier molecular flexibility index (Phi) is 6.19. The average Bonchev–Trinajstić information content (AvgIpc) is 2.90. The molecule has 0 aliphatic rings. The van der Waals surface area contributed by atoms with E-state index < -0.39 is 0 Å². The Labute approximate surface area is 131 Å². The van der Waals surface area contributed by atoms with Gasteiger partial charge >= 0.3 is 0 Å². The molecule has 1 aromatic heterocycles. The molecule has 3 heteroatoms. The predicted molar refractivity (Wildman–Crippen MR) is 91.5 cm³/mol. The quantitative estimate of drug-likeness (QED) is 0.639. The highest BCUT2D eigenvalue weighted by Crippen LogP contribution is 2.34. The molecule has 2 rings (SSSR count). The van der Waals surface area contributed by atoms with Crippen LogP contribution in [-0.2, 0) is 0 Å². The van der Waals surface area contributed by atoms with Crippen molar-refractivity contribution in [3.63, 3.8) is 0 Å². The Morgan fingerprint density at radius 2 is 2.05 bits per heavy atom. The summed E-state index contributed by atoms with van der Waals surface area (Å²) in [5.74, 6) is 0.617. The topological polar surface area (TPSA) is 12.0 Å². The first-order valence-corrected chi connectivity index (χ1v) is 8.85. The predicted octanol–water partition coefficient (Wildman–Crippen LogP) is 5.91. The molecule has 0 bridgehead atoms. The van der Waals surface area contributed by atoms with Crippen LogP contribution in [0.2, 0.25) is 0 Å². The second-order valence-electron chi connectivity index (χ2n) is 5.82. The summed E-state index contributed by atoms with van der Waals surface area (Å²) in [6.45, 7) is 4.54. The maximum atomic E-state index is 13.3. The van der Waals surface area contributed by atoms with Crippen LogP contribution in [0.5, 0.6) is 0 Å². The minimum absolute atomic E-state index is 0.151. The van der Waals surface area contributed by atoms with Crippen molar-refractivity contribution in [2.24, 2.45) is 5.92 Å². The van der Waals surface area contributed by atoms with E-state index in [4.69, 9.17) is 0 Å². The number of rotatable bonds is 8. The summed E-state index contributed by atoms with van der Waals surface area (Å²) >= 11 is 1.79. The van der Waals surface area contributed by atoms with Crippen molar-refractivity contribution < 1.29 is 4.39 Å². The van der Waals surface area contributed by atoms with Gasteiger partial charge in [-0.3, -0.25) is 0 Å². The molecule has 1 aromatic carbocycles. The molecule has 1 N–H and O–H groups in total. The zero-order valence-electron chi connectivity index (χ0n) is 13.3. The van der Waals surface area contributed by atoms with Gasteiger partial charge in [0.05, 0.1) is 0 Å². The largest absolute Gasteiger partial charge is 0.312 e.